The highest BCUT2D eigenvalue weighted by molar-refractivity contribution is 9.10. The van der Waals surface area contributed by atoms with E-state index in [2.05, 4.69) is 15.9 Å². The Kier molecular flexibility index (Phi) is 3.80. The molecule has 1 aliphatic rings. The van der Waals surface area contributed by atoms with Gasteiger partial charge in [0.25, 0.3) is 0 Å². The lowest BCUT2D eigenvalue weighted by molar-refractivity contribution is 0.101. The van der Waals surface area contributed by atoms with Crippen LogP contribution in [-0.4, -0.2) is 12.4 Å². The van der Waals surface area contributed by atoms with Crippen LogP contribution in [-0.2, 0) is 0 Å². The first-order valence-electron chi connectivity index (χ1n) is 6.64. The van der Waals surface area contributed by atoms with E-state index in [1.807, 2.05) is 31.2 Å². The van der Waals surface area contributed by atoms with Crippen molar-refractivity contribution in [3.05, 3.63) is 63.8 Å². The van der Waals surface area contributed by atoms with Crippen molar-refractivity contribution in [3.63, 3.8) is 0 Å². The van der Waals surface area contributed by atoms with Crippen LogP contribution in [0, 0.1) is 0 Å². The zero-order valence-corrected chi connectivity index (χ0v) is 13.0. The molecule has 0 bridgehead atoms. The number of benzene rings is 2. The van der Waals surface area contributed by atoms with Gasteiger partial charge in [-0.3, -0.25) is 4.79 Å². The molecule has 21 heavy (non-hydrogen) atoms. The molecule has 0 aliphatic carbocycles. The topological polar surface area (TPSA) is 35.5 Å². The summed E-state index contributed by atoms with van der Waals surface area (Å²) in [6.07, 6.45) is 1.74. The highest BCUT2D eigenvalue weighted by Crippen LogP contribution is 2.35. The van der Waals surface area contributed by atoms with Crippen LogP contribution in [0.3, 0.4) is 0 Å². The average Bonchev–Trinajstić information content (AvgIpc) is 2.78. The molecule has 106 valence electrons. The second kappa shape index (κ2) is 5.74. The Morgan fingerprint density at radius 3 is 2.81 bits per heavy atom. The highest BCUT2D eigenvalue weighted by Gasteiger charge is 2.27. The minimum atomic E-state index is -0.108. The van der Waals surface area contributed by atoms with Crippen molar-refractivity contribution in [2.24, 2.45) is 0 Å². The van der Waals surface area contributed by atoms with E-state index < -0.39 is 0 Å². The van der Waals surface area contributed by atoms with Crippen molar-refractivity contribution in [3.8, 4) is 11.5 Å². The Labute approximate surface area is 131 Å². The number of hydrogen-bond donors (Lipinski definition) is 0. The first-order valence-corrected chi connectivity index (χ1v) is 7.44. The van der Waals surface area contributed by atoms with Crippen LogP contribution in [0.5, 0.6) is 11.5 Å². The van der Waals surface area contributed by atoms with Gasteiger partial charge >= 0.3 is 0 Å². The second-order valence-electron chi connectivity index (χ2n) is 4.55. The molecule has 0 amide bonds. The van der Waals surface area contributed by atoms with Crippen LogP contribution < -0.4 is 9.47 Å². The van der Waals surface area contributed by atoms with Crippen LogP contribution >= 0.6 is 15.9 Å². The molecule has 0 fully saturated rings. The monoisotopic (exact) mass is 344 g/mol. The summed E-state index contributed by atoms with van der Waals surface area (Å²) in [5.41, 5.74) is 1.47. The fourth-order valence-electron chi connectivity index (χ4n) is 2.16. The maximum atomic E-state index is 12.3. The molecule has 0 unspecified atom stereocenters. The molecule has 1 heterocycles. The predicted octanol–water partition coefficient (Wildman–Crippen LogP) is 4.46. The zero-order valence-electron chi connectivity index (χ0n) is 11.4. The molecule has 0 N–H and O–H groups in total. The highest BCUT2D eigenvalue weighted by atomic mass is 79.9. The van der Waals surface area contributed by atoms with Crippen molar-refractivity contribution >= 4 is 27.8 Å². The molecule has 4 heteroatoms. The molecule has 3 rings (SSSR count). The van der Waals surface area contributed by atoms with Gasteiger partial charge in [-0.15, -0.1) is 0 Å². The smallest absolute Gasteiger partial charge is 0.231 e. The number of ketones is 1. The van der Waals surface area contributed by atoms with Crippen molar-refractivity contribution in [1.29, 1.82) is 0 Å². The fraction of sp³-hybridized carbons (Fsp3) is 0.118. The Morgan fingerprint density at radius 2 is 2.05 bits per heavy atom. The lowest BCUT2D eigenvalue weighted by Crippen LogP contribution is -1.98. The Balaban J connectivity index is 1.95. The van der Waals surface area contributed by atoms with Crippen molar-refractivity contribution < 1.29 is 14.3 Å². The van der Waals surface area contributed by atoms with Crippen LogP contribution in [0.15, 0.2) is 52.7 Å². The van der Waals surface area contributed by atoms with E-state index >= 15 is 0 Å². The van der Waals surface area contributed by atoms with Crippen LogP contribution in [0.4, 0.5) is 0 Å². The van der Waals surface area contributed by atoms with Crippen LogP contribution in [0.1, 0.15) is 22.8 Å². The summed E-state index contributed by atoms with van der Waals surface area (Å²) in [4.78, 5) is 12.3. The molecule has 3 nitrogen and oxygen atoms in total. The molecule has 0 aromatic heterocycles. The SMILES string of the molecule is CCOc1ccc2c(c1)O/C(=C\c1ccccc1Br)C2=O. The van der Waals surface area contributed by atoms with E-state index in [0.717, 1.165) is 10.0 Å². The fourth-order valence-corrected chi connectivity index (χ4v) is 2.56. The van der Waals surface area contributed by atoms with Gasteiger partial charge < -0.3 is 9.47 Å². The molecule has 0 radical (unpaired) electrons. The molecule has 2 aromatic rings. The van der Waals surface area contributed by atoms with E-state index in [4.69, 9.17) is 9.47 Å². The average molecular weight is 345 g/mol. The Bertz CT molecular complexity index is 735. The van der Waals surface area contributed by atoms with Gasteiger partial charge in [-0.25, -0.2) is 0 Å². The number of Topliss-reactive ketones (excluding diaryl/α,β-unsaturated/α-hetero) is 1. The van der Waals surface area contributed by atoms with E-state index in [9.17, 15) is 4.79 Å². The molecular weight excluding hydrogens is 332 g/mol. The molecule has 0 saturated heterocycles. The molecular formula is C17H13BrO3. The lowest BCUT2D eigenvalue weighted by Gasteiger charge is -2.04. The number of fused-ring (bicyclic) bond motifs is 1. The number of rotatable bonds is 3. The van der Waals surface area contributed by atoms with Gasteiger partial charge in [0.15, 0.2) is 5.76 Å². The quantitative estimate of drug-likeness (QED) is 0.771. The summed E-state index contributed by atoms with van der Waals surface area (Å²) in [5, 5.41) is 0. The summed E-state index contributed by atoms with van der Waals surface area (Å²) in [6.45, 7) is 2.49. The van der Waals surface area contributed by atoms with Crippen molar-refractivity contribution in [1.82, 2.24) is 0 Å². The minimum Gasteiger partial charge on any atom is -0.494 e. The van der Waals surface area contributed by atoms with Gasteiger partial charge in [0.05, 0.1) is 12.2 Å². The predicted molar refractivity (Wildman–Crippen MR) is 84.7 cm³/mol. The lowest BCUT2D eigenvalue weighted by atomic mass is 10.1. The summed E-state index contributed by atoms with van der Waals surface area (Å²) < 4.78 is 12.0. The standard InChI is InChI=1S/C17H13BrO3/c1-2-20-12-7-8-13-15(10-12)21-16(17(13)19)9-11-5-3-4-6-14(11)18/h3-10H,2H2,1H3/b16-9-. The number of allylic oxidation sites excluding steroid dienone is 1. The second-order valence-corrected chi connectivity index (χ2v) is 5.41. The summed E-state index contributed by atoms with van der Waals surface area (Å²) >= 11 is 3.46. The van der Waals surface area contributed by atoms with Crippen LogP contribution in [0.25, 0.3) is 6.08 Å². The van der Waals surface area contributed by atoms with Gasteiger partial charge in [-0.1, -0.05) is 34.1 Å². The third-order valence-corrected chi connectivity index (χ3v) is 3.87. The Hall–Kier alpha value is -2.07. The largest absolute Gasteiger partial charge is 0.494 e. The summed E-state index contributed by atoms with van der Waals surface area (Å²) in [6, 6.07) is 12.9. The van der Waals surface area contributed by atoms with Crippen molar-refractivity contribution in [2.75, 3.05) is 6.61 Å². The number of carbonyl (C=O) groups is 1. The first-order chi connectivity index (χ1) is 10.2. The van der Waals surface area contributed by atoms with Gasteiger partial charge in [-0.2, -0.15) is 0 Å². The molecule has 0 saturated carbocycles. The maximum absolute atomic E-state index is 12.3. The number of ether oxygens (including phenoxy) is 2. The van der Waals surface area contributed by atoms with E-state index in [1.165, 1.54) is 0 Å². The first kappa shape index (κ1) is 13.9. The normalized spacial score (nSPS) is 15.0. The van der Waals surface area contributed by atoms with E-state index in [0.29, 0.717) is 29.4 Å². The molecule has 1 aliphatic heterocycles. The molecule has 2 aromatic carbocycles. The third-order valence-electron chi connectivity index (χ3n) is 3.14. The number of hydrogen-bond acceptors (Lipinski definition) is 3. The summed E-state index contributed by atoms with van der Waals surface area (Å²) in [7, 11) is 0. The molecule has 0 atom stereocenters. The van der Waals surface area contributed by atoms with Gasteiger partial charge in [0, 0.05) is 10.5 Å². The minimum absolute atomic E-state index is 0.108. The third kappa shape index (κ3) is 2.72. The maximum Gasteiger partial charge on any atom is 0.231 e. The van der Waals surface area contributed by atoms with Crippen molar-refractivity contribution in [2.45, 2.75) is 6.92 Å². The Morgan fingerprint density at radius 1 is 1.24 bits per heavy atom. The zero-order chi connectivity index (χ0) is 14.8. The van der Waals surface area contributed by atoms with Gasteiger partial charge in [0.2, 0.25) is 5.78 Å². The van der Waals surface area contributed by atoms with E-state index in [1.54, 1.807) is 24.3 Å². The van der Waals surface area contributed by atoms with Crippen LogP contribution in [0.2, 0.25) is 0 Å². The van der Waals surface area contributed by atoms with Gasteiger partial charge in [-0.05, 0) is 36.8 Å². The van der Waals surface area contributed by atoms with Gasteiger partial charge in [0.1, 0.15) is 11.5 Å². The number of carbonyl (C=O) groups excluding carboxylic acids is 1. The summed E-state index contributed by atoms with van der Waals surface area (Å²) in [5.74, 6) is 1.46. The molecule has 0 spiro atoms. The van der Waals surface area contributed by atoms with E-state index in [-0.39, 0.29) is 5.78 Å². The number of halogens is 1.